The van der Waals surface area contributed by atoms with E-state index in [0.29, 0.717) is 5.56 Å². The summed E-state index contributed by atoms with van der Waals surface area (Å²) in [5.41, 5.74) is 7.03. The fraction of sp³-hybridized carbons (Fsp3) is 0.290. The number of anilines is 2. The van der Waals surface area contributed by atoms with Crippen molar-refractivity contribution in [2.75, 3.05) is 38.0 Å². The predicted molar refractivity (Wildman–Crippen MR) is 150 cm³/mol. The summed E-state index contributed by atoms with van der Waals surface area (Å²) in [6.45, 7) is 0. The van der Waals surface area contributed by atoms with Crippen molar-refractivity contribution in [1.29, 1.82) is 0 Å². The molecule has 190 valence electrons. The van der Waals surface area contributed by atoms with Gasteiger partial charge in [-0.2, -0.15) is 5.10 Å². The van der Waals surface area contributed by atoms with E-state index in [4.69, 9.17) is 5.10 Å². The molecule has 3 aromatic rings. The molecule has 0 aromatic heterocycles. The number of hydrogen-bond acceptors (Lipinski definition) is 4. The zero-order valence-electron chi connectivity index (χ0n) is 21.9. The van der Waals surface area contributed by atoms with Gasteiger partial charge in [0.15, 0.2) is 0 Å². The average Bonchev–Trinajstić information content (AvgIpc) is 3.30. The maximum atomic E-state index is 13.7. The van der Waals surface area contributed by atoms with Crippen LogP contribution in [0.5, 0.6) is 0 Å². The number of halogens is 1. The molecule has 5 nitrogen and oxygen atoms in total. The van der Waals surface area contributed by atoms with E-state index in [1.54, 1.807) is 5.01 Å². The molecule has 37 heavy (non-hydrogen) atoms. The molecule has 0 radical (unpaired) electrons. The number of carbonyl (C=O) groups is 1. The van der Waals surface area contributed by atoms with Gasteiger partial charge in [0.1, 0.15) is 5.82 Å². The van der Waals surface area contributed by atoms with Crippen LogP contribution in [-0.4, -0.2) is 44.8 Å². The van der Waals surface area contributed by atoms with Gasteiger partial charge >= 0.3 is 0 Å². The molecule has 1 amide bonds. The van der Waals surface area contributed by atoms with Gasteiger partial charge in [-0.15, -0.1) is 0 Å². The quantitative estimate of drug-likeness (QED) is 0.411. The second-order valence-electron chi connectivity index (χ2n) is 10.2. The molecule has 1 aliphatic heterocycles. The summed E-state index contributed by atoms with van der Waals surface area (Å²) in [6.07, 6.45) is 5.14. The number of benzene rings is 3. The van der Waals surface area contributed by atoms with Crippen LogP contribution < -0.4 is 9.80 Å². The van der Waals surface area contributed by atoms with Crippen LogP contribution >= 0.6 is 0 Å². The maximum absolute atomic E-state index is 13.7. The third kappa shape index (κ3) is 5.01. The Bertz CT molecular complexity index is 1330. The van der Waals surface area contributed by atoms with E-state index in [1.807, 2.05) is 28.2 Å². The average molecular weight is 497 g/mol. The molecule has 1 saturated carbocycles. The highest BCUT2D eigenvalue weighted by Gasteiger charge is 2.44. The van der Waals surface area contributed by atoms with E-state index in [1.165, 1.54) is 29.8 Å². The number of amides is 1. The fourth-order valence-electron chi connectivity index (χ4n) is 5.27. The van der Waals surface area contributed by atoms with Crippen LogP contribution in [0.4, 0.5) is 15.8 Å². The van der Waals surface area contributed by atoms with Crippen LogP contribution in [0.2, 0.25) is 0 Å². The Morgan fingerprint density at radius 3 is 2.08 bits per heavy atom. The van der Waals surface area contributed by atoms with Crippen molar-refractivity contribution < 1.29 is 9.18 Å². The third-order valence-corrected chi connectivity index (χ3v) is 7.30. The summed E-state index contributed by atoms with van der Waals surface area (Å²) in [4.78, 5) is 17.8. The Morgan fingerprint density at radius 1 is 0.892 bits per heavy atom. The van der Waals surface area contributed by atoms with Gasteiger partial charge in [-0.1, -0.05) is 24.3 Å². The molecule has 5 rings (SSSR count). The molecular formula is C31H33FN4O. The van der Waals surface area contributed by atoms with Crippen molar-refractivity contribution in [2.24, 2.45) is 11.0 Å². The molecule has 2 atom stereocenters. The van der Waals surface area contributed by atoms with Crippen molar-refractivity contribution in [2.45, 2.75) is 25.3 Å². The first-order chi connectivity index (χ1) is 17.8. The number of hydrazone groups is 1. The van der Waals surface area contributed by atoms with Crippen molar-refractivity contribution >= 4 is 29.1 Å². The highest BCUT2D eigenvalue weighted by Crippen LogP contribution is 2.45. The van der Waals surface area contributed by atoms with Crippen LogP contribution in [0, 0.1) is 11.7 Å². The van der Waals surface area contributed by atoms with E-state index in [-0.39, 0.29) is 23.7 Å². The lowest BCUT2D eigenvalue weighted by Gasteiger charge is -2.30. The lowest BCUT2D eigenvalue weighted by molar-refractivity contribution is 0.0681. The summed E-state index contributed by atoms with van der Waals surface area (Å²) in [5, 5.41) is 6.60. The monoisotopic (exact) mass is 496 g/mol. The van der Waals surface area contributed by atoms with Gasteiger partial charge in [-0.25, -0.2) is 9.40 Å². The molecule has 1 heterocycles. The van der Waals surface area contributed by atoms with E-state index < -0.39 is 0 Å². The predicted octanol–water partition coefficient (Wildman–Crippen LogP) is 6.39. The Morgan fingerprint density at radius 2 is 1.49 bits per heavy atom. The van der Waals surface area contributed by atoms with Gasteiger partial charge < -0.3 is 9.80 Å². The highest BCUT2D eigenvalue weighted by atomic mass is 19.1. The molecule has 3 aromatic carbocycles. The zero-order chi connectivity index (χ0) is 26.1. The van der Waals surface area contributed by atoms with Gasteiger partial charge in [0.2, 0.25) is 0 Å². The highest BCUT2D eigenvalue weighted by molar-refractivity contribution is 6.09. The SMILES string of the molecule is CN(C)c1ccc(/C=C2/CCC[C@@H]3C2=NN(C(=O)c2ccc(F)cc2)[C@@H]3c2ccc(N(C)C)cc2)cc1. The minimum absolute atomic E-state index is 0.107. The van der Waals surface area contributed by atoms with Crippen LogP contribution in [0.1, 0.15) is 46.8 Å². The first-order valence-corrected chi connectivity index (χ1v) is 12.7. The number of fused-ring (bicyclic) bond motifs is 1. The lowest BCUT2D eigenvalue weighted by atomic mass is 9.77. The number of carbonyl (C=O) groups excluding carboxylic acids is 1. The normalized spacial score (nSPS) is 20.0. The van der Waals surface area contributed by atoms with Gasteiger partial charge in [-0.05, 0) is 90.6 Å². The van der Waals surface area contributed by atoms with Crippen molar-refractivity contribution in [1.82, 2.24) is 5.01 Å². The van der Waals surface area contributed by atoms with E-state index >= 15 is 0 Å². The Hall–Kier alpha value is -3.93. The van der Waals surface area contributed by atoms with E-state index in [9.17, 15) is 9.18 Å². The molecule has 0 saturated heterocycles. The van der Waals surface area contributed by atoms with Crippen LogP contribution in [0.15, 0.2) is 83.5 Å². The second-order valence-corrected chi connectivity index (χ2v) is 10.2. The standard InChI is InChI=1S/C31H33FN4O/c1-34(2)26-16-8-21(9-17-26)20-24-6-5-7-28-29(24)33-36(31(37)23-10-14-25(32)15-11-23)30(28)22-12-18-27(19-13-22)35(3)4/h8-20,28,30H,5-7H2,1-4H3/b24-20-/t28-,30-/m1/s1. The summed E-state index contributed by atoms with van der Waals surface area (Å²) in [5.74, 6) is -0.465. The summed E-state index contributed by atoms with van der Waals surface area (Å²) >= 11 is 0. The fourth-order valence-corrected chi connectivity index (χ4v) is 5.27. The van der Waals surface area contributed by atoms with Gasteiger partial charge in [0, 0.05) is 51.0 Å². The smallest absolute Gasteiger partial charge is 0.274 e. The van der Waals surface area contributed by atoms with E-state index in [0.717, 1.165) is 47.5 Å². The summed E-state index contributed by atoms with van der Waals surface area (Å²) in [7, 11) is 8.09. The lowest BCUT2D eigenvalue weighted by Crippen LogP contribution is -2.32. The largest absolute Gasteiger partial charge is 0.378 e. The van der Waals surface area contributed by atoms with Gasteiger partial charge in [0.05, 0.1) is 11.8 Å². The topological polar surface area (TPSA) is 39.1 Å². The molecule has 1 fully saturated rings. The van der Waals surface area contributed by atoms with Crippen LogP contribution in [0.25, 0.3) is 6.08 Å². The first kappa shape index (κ1) is 24.8. The van der Waals surface area contributed by atoms with Crippen LogP contribution in [-0.2, 0) is 0 Å². The summed E-state index contributed by atoms with van der Waals surface area (Å²) in [6, 6.07) is 22.4. The van der Waals surface area contributed by atoms with Gasteiger partial charge in [-0.3, -0.25) is 4.79 Å². The molecule has 1 aliphatic carbocycles. The van der Waals surface area contributed by atoms with Crippen molar-refractivity contribution in [3.8, 4) is 0 Å². The Labute approximate surface area is 218 Å². The van der Waals surface area contributed by atoms with Gasteiger partial charge in [0.25, 0.3) is 5.91 Å². The number of nitrogens with zero attached hydrogens (tertiary/aromatic N) is 4. The van der Waals surface area contributed by atoms with Crippen molar-refractivity contribution in [3.05, 3.63) is 101 Å². The number of allylic oxidation sites excluding steroid dienone is 1. The molecule has 0 unspecified atom stereocenters. The number of rotatable bonds is 5. The maximum Gasteiger partial charge on any atom is 0.274 e. The molecule has 0 bridgehead atoms. The first-order valence-electron chi connectivity index (χ1n) is 12.7. The molecule has 0 spiro atoms. The van der Waals surface area contributed by atoms with E-state index in [2.05, 4.69) is 64.4 Å². The minimum Gasteiger partial charge on any atom is -0.378 e. The number of hydrogen-bond donors (Lipinski definition) is 0. The molecular weight excluding hydrogens is 463 g/mol. The molecule has 6 heteroatoms. The zero-order valence-corrected chi connectivity index (χ0v) is 21.9. The third-order valence-electron chi connectivity index (χ3n) is 7.30. The Kier molecular flexibility index (Phi) is 6.83. The van der Waals surface area contributed by atoms with Crippen molar-refractivity contribution in [3.63, 3.8) is 0 Å². The molecule has 0 N–H and O–H groups in total. The summed E-state index contributed by atoms with van der Waals surface area (Å²) < 4.78 is 13.6. The second kappa shape index (κ2) is 10.2. The van der Waals surface area contributed by atoms with Crippen LogP contribution in [0.3, 0.4) is 0 Å². The Balaban J connectivity index is 1.54. The minimum atomic E-state index is -0.362. The molecule has 2 aliphatic rings.